The molecule has 1 aromatic heterocycles. The van der Waals surface area contributed by atoms with Crippen LogP contribution < -0.4 is 4.72 Å². The van der Waals surface area contributed by atoms with E-state index in [1.807, 2.05) is 30.3 Å². The van der Waals surface area contributed by atoms with E-state index in [0.717, 1.165) is 5.56 Å². The number of aromatic nitrogens is 2. The standard InChI is InChI=1S/C16H13N3O2S/c20-22(21,14-9-5-2-6-10-14)19-16-12-11-15(17-18-16)13-7-3-1-4-8-13/h1-12H,(H,18,19). The second-order valence-corrected chi connectivity index (χ2v) is 6.27. The third-order valence-electron chi connectivity index (χ3n) is 3.03. The van der Waals surface area contributed by atoms with Crippen molar-refractivity contribution in [1.82, 2.24) is 10.2 Å². The van der Waals surface area contributed by atoms with E-state index in [-0.39, 0.29) is 10.7 Å². The van der Waals surface area contributed by atoms with Gasteiger partial charge in [0.05, 0.1) is 10.6 Å². The lowest BCUT2D eigenvalue weighted by molar-refractivity contribution is 0.601. The van der Waals surface area contributed by atoms with Gasteiger partial charge in [-0.1, -0.05) is 48.5 Å². The normalized spacial score (nSPS) is 11.1. The molecular weight excluding hydrogens is 298 g/mol. The van der Waals surface area contributed by atoms with Crippen molar-refractivity contribution in [2.75, 3.05) is 4.72 Å². The molecule has 6 heteroatoms. The Hall–Kier alpha value is -2.73. The van der Waals surface area contributed by atoms with E-state index in [4.69, 9.17) is 0 Å². The lowest BCUT2D eigenvalue weighted by Gasteiger charge is -2.07. The maximum absolute atomic E-state index is 12.2. The van der Waals surface area contributed by atoms with Crippen LogP contribution in [-0.2, 0) is 10.0 Å². The molecule has 0 amide bonds. The first-order valence-corrected chi connectivity index (χ1v) is 8.10. The van der Waals surface area contributed by atoms with E-state index in [1.165, 1.54) is 12.1 Å². The Morgan fingerprint density at radius 1 is 0.727 bits per heavy atom. The number of nitrogens with one attached hydrogen (secondary N) is 1. The van der Waals surface area contributed by atoms with Crippen LogP contribution in [0, 0.1) is 0 Å². The monoisotopic (exact) mass is 311 g/mol. The first-order chi connectivity index (χ1) is 10.6. The Morgan fingerprint density at radius 2 is 1.36 bits per heavy atom. The Labute approximate surface area is 128 Å². The van der Waals surface area contributed by atoms with Crippen molar-refractivity contribution in [3.8, 4) is 11.3 Å². The van der Waals surface area contributed by atoms with Gasteiger partial charge in [-0.15, -0.1) is 10.2 Å². The topological polar surface area (TPSA) is 72.0 Å². The zero-order chi connectivity index (χ0) is 15.4. The SMILES string of the molecule is O=S(=O)(Nc1ccc(-c2ccccc2)nn1)c1ccccc1. The molecule has 0 radical (unpaired) electrons. The highest BCUT2D eigenvalue weighted by molar-refractivity contribution is 7.92. The van der Waals surface area contributed by atoms with Crippen LogP contribution in [0.25, 0.3) is 11.3 Å². The quantitative estimate of drug-likeness (QED) is 0.804. The molecule has 110 valence electrons. The predicted molar refractivity (Wildman–Crippen MR) is 84.7 cm³/mol. The Kier molecular flexibility index (Phi) is 3.84. The van der Waals surface area contributed by atoms with Crippen molar-refractivity contribution in [3.63, 3.8) is 0 Å². The van der Waals surface area contributed by atoms with Gasteiger partial charge in [-0.05, 0) is 24.3 Å². The molecule has 0 unspecified atom stereocenters. The van der Waals surface area contributed by atoms with Gasteiger partial charge in [0.25, 0.3) is 10.0 Å². The maximum atomic E-state index is 12.2. The van der Waals surface area contributed by atoms with Gasteiger partial charge in [-0.25, -0.2) is 8.42 Å². The number of benzene rings is 2. The third kappa shape index (κ3) is 3.12. The van der Waals surface area contributed by atoms with E-state index < -0.39 is 10.0 Å². The summed E-state index contributed by atoms with van der Waals surface area (Å²) in [6, 6.07) is 21.0. The van der Waals surface area contributed by atoms with Crippen molar-refractivity contribution in [2.24, 2.45) is 0 Å². The number of rotatable bonds is 4. The van der Waals surface area contributed by atoms with E-state index in [9.17, 15) is 8.42 Å². The first-order valence-electron chi connectivity index (χ1n) is 6.62. The smallest absolute Gasteiger partial charge is 0.262 e. The minimum Gasteiger partial charge on any atom is -0.262 e. The van der Waals surface area contributed by atoms with Crippen molar-refractivity contribution in [3.05, 3.63) is 72.8 Å². The van der Waals surface area contributed by atoms with Gasteiger partial charge >= 0.3 is 0 Å². The average Bonchev–Trinajstić information content (AvgIpc) is 2.57. The molecule has 1 N–H and O–H groups in total. The maximum Gasteiger partial charge on any atom is 0.263 e. The summed E-state index contributed by atoms with van der Waals surface area (Å²) in [5.74, 6) is 0.184. The molecule has 0 saturated heterocycles. The van der Waals surface area contributed by atoms with Crippen molar-refractivity contribution in [2.45, 2.75) is 4.90 Å². The molecular formula is C16H13N3O2S. The van der Waals surface area contributed by atoms with Crippen LogP contribution in [0.1, 0.15) is 0 Å². The average molecular weight is 311 g/mol. The fourth-order valence-corrected chi connectivity index (χ4v) is 2.96. The summed E-state index contributed by atoms with van der Waals surface area (Å²) < 4.78 is 26.8. The molecule has 0 fully saturated rings. The summed E-state index contributed by atoms with van der Waals surface area (Å²) in [6.07, 6.45) is 0. The van der Waals surface area contributed by atoms with Crippen molar-refractivity contribution in [1.29, 1.82) is 0 Å². The van der Waals surface area contributed by atoms with Crippen molar-refractivity contribution >= 4 is 15.8 Å². The van der Waals surface area contributed by atoms with Crippen LogP contribution in [0.5, 0.6) is 0 Å². The van der Waals surface area contributed by atoms with E-state index in [1.54, 1.807) is 30.3 Å². The molecule has 1 heterocycles. The van der Waals surface area contributed by atoms with Crippen LogP contribution >= 0.6 is 0 Å². The van der Waals surface area contributed by atoms with Crippen LogP contribution in [0.4, 0.5) is 5.82 Å². The van der Waals surface area contributed by atoms with Crippen LogP contribution in [0.15, 0.2) is 77.7 Å². The molecule has 0 aliphatic carbocycles. The third-order valence-corrected chi connectivity index (χ3v) is 4.40. The summed E-state index contributed by atoms with van der Waals surface area (Å²) in [7, 11) is -3.64. The minimum atomic E-state index is -3.64. The molecule has 5 nitrogen and oxygen atoms in total. The van der Waals surface area contributed by atoms with E-state index in [0.29, 0.717) is 5.69 Å². The van der Waals surface area contributed by atoms with Crippen molar-refractivity contribution < 1.29 is 8.42 Å². The fourth-order valence-electron chi connectivity index (χ4n) is 1.95. The van der Waals surface area contributed by atoms with Gasteiger partial charge in [-0.2, -0.15) is 0 Å². The molecule has 3 aromatic rings. The largest absolute Gasteiger partial charge is 0.263 e. The van der Waals surface area contributed by atoms with E-state index in [2.05, 4.69) is 14.9 Å². The second kappa shape index (κ2) is 5.95. The number of hydrogen-bond donors (Lipinski definition) is 1. The van der Waals surface area contributed by atoms with Gasteiger partial charge in [0.2, 0.25) is 0 Å². The molecule has 0 spiro atoms. The number of hydrogen-bond acceptors (Lipinski definition) is 4. The van der Waals surface area contributed by atoms with Gasteiger partial charge < -0.3 is 0 Å². The summed E-state index contributed by atoms with van der Waals surface area (Å²) in [5.41, 5.74) is 1.61. The van der Waals surface area contributed by atoms with Gasteiger partial charge in [0.15, 0.2) is 5.82 Å². The zero-order valence-corrected chi connectivity index (χ0v) is 12.4. The molecule has 0 atom stereocenters. The molecule has 0 aliphatic rings. The number of nitrogens with zero attached hydrogens (tertiary/aromatic N) is 2. The zero-order valence-electron chi connectivity index (χ0n) is 11.5. The van der Waals surface area contributed by atoms with Gasteiger partial charge in [-0.3, -0.25) is 4.72 Å². The number of anilines is 1. The van der Waals surface area contributed by atoms with Crippen LogP contribution in [0.3, 0.4) is 0 Å². The second-order valence-electron chi connectivity index (χ2n) is 4.59. The summed E-state index contributed by atoms with van der Waals surface area (Å²) in [6.45, 7) is 0. The highest BCUT2D eigenvalue weighted by atomic mass is 32.2. The minimum absolute atomic E-state index is 0.184. The lowest BCUT2D eigenvalue weighted by atomic mass is 10.1. The molecule has 0 bridgehead atoms. The molecule has 22 heavy (non-hydrogen) atoms. The molecule has 0 saturated carbocycles. The highest BCUT2D eigenvalue weighted by Gasteiger charge is 2.14. The Bertz CT molecular complexity index is 849. The Morgan fingerprint density at radius 3 is 1.95 bits per heavy atom. The highest BCUT2D eigenvalue weighted by Crippen LogP contribution is 2.18. The number of sulfonamides is 1. The molecule has 0 aliphatic heterocycles. The molecule has 3 rings (SSSR count). The van der Waals surface area contributed by atoms with Gasteiger partial charge in [0, 0.05) is 5.56 Å². The fraction of sp³-hybridized carbons (Fsp3) is 0. The van der Waals surface area contributed by atoms with Crippen LogP contribution in [0.2, 0.25) is 0 Å². The lowest BCUT2D eigenvalue weighted by Crippen LogP contribution is -2.14. The molecule has 2 aromatic carbocycles. The first kappa shape index (κ1) is 14.2. The summed E-state index contributed by atoms with van der Waals surface area (Å²) in [4.78, 5) is 0.184. The Balaban J connectivity index is 1.83. The summed E-state index contributed by atoms with van der Waals surface area (Å²) in [5, 5.41) is 7.98. The van der Waals surface area contributed by atoms with Crippen LogP contribution in [-0.4, -0.2) is 18.6 Å². The predicted octanol–water partition coefficient (Wildman–Crippen LogP) is 2.94. The van der Waals surface area contributed by atoms with E-state index >= 15 is 0 Å². The van der Waals surface area contributed by atoms with Gasteiger partial charge in [0.1, 0.15) is 0 Å². The summed E-state index contributed by atoms with van der Waals surface area (Å²) >= 11 is 0.